The molecule has 0 bridgehead atoms. The van der Waals surface area contributed by atoms with E-state index in [9.17, 15) is 5.26 Å². The number of hydrogen-bond acceptors (Lipinski definition) is 3. The first-order chi connectivity index (χ1) is 12.9. The average molecular weight is 350 g/mol. The molecule has 4 aromatic rings. The molecule has 0 saturated heterocycles. The molecule has 0 atom stereocenters. The molecule has 0 aliphatic carbocycles. The molecule has 0 spiro atoms. The largest absolute Gasteiger partial charge is 0.358 e. The van der Waals surface area contributed by atoms with Crippen LogP contribution in [0.15, 0.2) is 18.2 Å². The van der Waals surface area contributed by atoms with Crippen molar-refractivity contribution in [2.75, 3.05) is 0 Å². The number of fused-ring (bicyclic) bond motifs is 6. The quantitative estimate of drug-likeness (QED) is 0.293. The summed E-state index contributed by atoms with van der Waals surface area (Å²) in [5, 5.41) is 13.7. The van der Waals surface area contributed by atoms with Crippen molar-refractivity contribution in [1.29, 1.82) is 5.26 Å². The minimum Gasteiger partial charge on any atom is -0.358 e. The average Bonchev–Trinajstić information content (AvgIpc) is 2.68. The summed E-state index contributed by atoms with van der Waals surface area (Å²) in [7, 11) is 0. The first-order valence-corrected chi connectivity index (χ1v) is 8.80. The van der Waals surface area contributed by atoms with Crippen LogP contribution in [0.25, 0.3) is 37.4 Å². The van der Waals surface area contributed by atoms with Gasteiger partial charge in [0.2, 0.25) is 0 Å². The van der Waals surface area contributed by atoms with Crippen LogP contribution in [-0.2, 0) is 0 Å². The van der Waals surface area contributed by atoms with Gasteiger partial charge in [-0.15, -0.1) is 4.98 Å². The highest BCUT2D eigenvalue weighted by Gasteiger charge is 2.21. The van der Waals surface area contributed by atoms with Crippen molar-refractivity contribution < 1.29 is 0 Å². The van der Waals surface area contributed by atoms with Gasteiger partial charge >= 0.3 is 5.82 Å². The van der Waals surface area contributed by atoms with Gasteiger partial charge in [0.25, 0.3) is 0 Å². The maximum absolute atomic E-state index is 9.46. The smallest absolute Gasteiger partial charge is 0.307 e. The second-order valence-electron chi connectivity index (χ2n) is 7.12. The first kappa shape index (κ1) is 16.9. The molecule has 1 heterocycles. The fraction of sp³-hybridized carbons (Fsp3) is 0.217. The van der Waals surface area contributed by atoms with Crippen molar-refractivity contribution in [2.45, 2.75) is 34.6 Å². The van der Waals surface area contributed by atoms with E-state index in [1.165, 1.54) is 22.3 Å². The number of rotatable bonds is 0. The zero-order valence-electron chi connectivity index (χ0n) is 16.0. The van der Waals surface area contributed by atoms with Gasteiger partial charge < -0.3 is 4.85 Å². The summed E-state index contributed by atoms with van der Waals surface area (Å²) in [4.78, 5) is 12.6. The van der Waals surface area contributed by atoms with Gasteiger partial charge in [-0.05, 0) is 73.7 Å². The molecule has 0 radical (unpaired) electrons. The lowest BCUT2D eigenvalue weighted by molar-refractivity contribution is 1.24. The van der Waals surface area contributed by atoms with Crippen LogP contribution in [-0.4, -0.2) is 9.97 Å². The van der Waals surface area contributed by atoms with E-state index >= 15 is 0 Å². The van der Waals surface area contributed by atoms with E-state index in [-0.39, 0.29) is 11.5 Å². The molecule has 4 rings (SSSR count). The van der Waals surface area contributed by atoms with Crippen LogP contribution in [0.3, 0.4) is 0 Å². The van der Waals surface area contributed by atoms with Gasteiger partial charge in [0, 0.05) is 10.8 Å². The number of nitrogens with zero attached hydrogens (tertiary/aromatic N) is 4. The molecule has 27 heavy (non-hydrogen) atoms. The van der Waals surface area contributed by atoms with E-state index in [2.05, 4.69) is 55.5 Å². The number of hydrogen-bond donors (Lipinski definition) is 0. The third kappa shape index (κ3) is 2.20. The zero-order chi connectivity index (χ0) is 19.5. The minimum absolute atomic E-state index is 0.0597. The Morgan fingerprint density at radius 2 is 1.52 bits per heavy atom. The van der Waals surface area contributed by atoms with Gasteiger partial charge in [0.15, 0.2) is 11.2 Å². The molecular weight excluding hydrogens is 332 g/mol. The lowest BCUT2D eigenvalue weighted by Gasteiger charge is -2.17. The van der Waals surface area contributed by atoms with Crippen LogP contribution < -0.4 is 0 Å². The van der Waals surface area contributed by atoms with Crippen molar-refractivity contribution in [1.82, 2.24) is 9.97 Å². The Balaban J connectivity index is 2.48. The van der Waals surface area contributed by atoms with E-state index < -0.39 is 0 Å². The summed E-state index contributed by atoms with van der Waals surface area (Å²) in [6.45, 7) is 18.0. The molecule has 4 nitrogen and oxygen atoms in total. The highest BCUT2D eigenvalue weighted by atomic mass is 14.9. The van der Waals surface area contributed by atoms with E-state index in [4.69, 9.17) is 6.57 Å². The summed E-state index contributed by atoms with van der Waals surface area (Å²) in [6.07, 6.45) is 0. The van der Waals surface area contributed by atoms with Crippen LogP contribution in [0.4, 0.5) is 5.82 Å². The molecule has 0 N–H and O–H groups in total. The Bertz CT molecular complexity index is 1380. The van der Waals surface area contributed by atoms with Gasteiger partial charge in [0.1, 0.15) is 11.6 Å². The van der Waals surface area contributed by atoms with Crippen molar-refractivity contribution in [3.05, 3.63) is 63.1 Å². The number of aromatic nitrogens is 2. The molecule has 3 aromatic carbocycles. The molecule has 130 valence electrons. The van der Waals surface area contributed by atoms with Gasteiger partial charge in [-0.25, -0.2) is 4.98 Å². The Kier molecular flexibility index (Phi) is 3.61. The van der Waals surface area contributed by atoms with Gasteiger partial charge in [-0.1, -0.05) is 24.3 Å². The molecule has 0 amide bonds. The highest BCUT2D eigenvalue weighted by Crippen LogP contribution is 2.40. The van der Waals surface area contributed by atoms with Crippen molar-refractivity contribution in [3.8, 4) is 6.07 Å². The number of nitriles is 1. The van der Waals surface area contributed by atoms with Crippen LogP contribution in [0.1, 0.15) is 33.5 Å². The first-order valence-electron chi connectivity index (χ1n) is 8.80. The van der Waals surface area contributed by atoms with E-state index in [0.717, 1.165) is 27.1 Å². The fourth-order valence-electron chi connectivity index (χ4n) is 3.96. The van der Waals surface area contributed by atoms with E-state index in [0.29, 0.717) is 11.0 Å². The molecule has 0 saturated carbocycles. The number of benzene rings is 3. The molecule has 4 heteroatoms. The monoisotopic (exact) mass is 350 g/mol. The highest BCUT2D eigenvalue weighted by molar-refractivity contribution is 6.25. The maximum atomic E-state index is 9.46. The van der Waals surface area contributed by atoms with Gasteiger partial charge in [-0.3, -0.25) is 0 Å². The lowest BCUT2D eigenvalue weighted by atomic mass is 9.87. The topological polar surface area (TPSA) is 53.9 Å². The van der Waals surface area contributed by atoms with Gasteiger partial charge in [-0.2, -0.15) is 5.26 Å². The Labute approximate surface area is 157 Å². The zero-order valence-corrected chi connectivity index (χ0v) is 16.0. The maximum Gasteiger partial charge on any atom is 0.307 e. The van der Waals surface area contributed by atoms with E-state index in [1.807, 2.05) is 18.2 Å². The molecule has 0 unspecified atom stereocenters. The fourth-order valence-corrected chi connectivity index (χ4v) is 3.96. The third-order valence-corrected chi connectivity index (χ3v) is 5.71. The van der Waals surface area contributed by atoms with Crippen molar-refractivity contribution in [2.24, 2.45) is 0 Å². The Morgan fingerprint density at radius 3 is 2.15 bits per heavy atom. The lowest BCUT2D eigenvalue weighted by Crippen LogP contribution is -1.99. The molecule has 1 aromatic heterocycles. The SMILES string of the molecule is [C-]#[N+]c1nc2c3ccc(C)cc3c3c(C)c(C)c(C)c(C)c3c2nc1C#N. The summed E-state index contributed by atoms with van der Waals surface area (Å²) >= 11 is 0. The predicted octanol–water partition coefficient (Wildman–Crippen LogP) is 5.90. The van der Waals surface area contributed by atoms with Crippen molar-refractivity contribution in [3.63, 3.8) is 0 Å². The van der Waals surface area contributed by atoms with Crippen LogP contribution in [0, 0.1) is 52.5 Å². The molecule has 0 fully saturated rings. The third-order valence-electron chi connectivity index (χ3n) is 5.71. The summed E-state index contributed by atoms with van der Waals surface area (Å²) in [5.74, 6) is 0.0597. The Hall–Kier alpha value is -3.50. The number of aryl methyl sites for hydroxylation is 3. The minimum atomic E-state index is 0.0597. The normalized spacial score (nSPS) is 11.1. The van der Waals surface area contributed by atoms with Crippen LogP contribution >= 0.6 is 0 Å². The predicted molar refractivity (Wildman–Crippen MR) is 109 cm³/mol. The van der Waals surface area contributed by atoms with Crippen molar-refractivity contribution >= 4 is 38.4 Å². The van der Waals surface area contributed by atoms with E-state index in [1.54, 1.807) is 0 Å². The van der Waals surface area contributed by atoms with Crippen LogP contribution in [0.5, 0.6) is 0 Å². The molecule has 0 aliphatic heterocycles. The standard InChI is InChI=1S/C23H18N4/c1-11-7-8-16-17(9-11)19-14(4)12(2)13(3)15(5)20(19)22-21(16)27-23(25-6)18(10-24)26-22/h7-9H,1-5H3. The second-order valence-corrected chi connectivity index (χ2v) is 7.12. The summed E-state index contributed by atoms with van der Waals surface area (Å²) in [5.41, 5.74) is 7.51. The Morgan fingerprint density at radius 1 is 0.852 bits per heavy atom. The second kappa shape index (κ2) is 5.76. The summed E-state index contributed by atoms with van der Waals surface area (Å²) < 4.78 is 0. The molecular formula is C23H18N4. The molecule has 0 aliphatic rings. The van der Waals surface area contributed by atoms with Crippen LogP contribution in [0.2, 0.25) is 0 Å². The summed E-state index contributed by atoms with van der Waals surface area (Å²) in [6, 6.07) is 8.31. The van der Waals surface area contributed by atoms with Gasteiger partial charge in [0.05, 0.1) is 0 Å².